The van der Waals surface area contributed by atoms with E-state index in [1.54, 1.807) is 20.8 Å². The predicted molar refractivity (Wildman–Crippen MR) is 128 cm³/mol. The fraction of sp³-hybridized carbons (Fsp3) is 0.444. The van der Waals surface area contributed by atoms with Gasteiger partial charge in [-0.3, -0.25) is 19.8 Å². The summed E-state index contributed by atoms with van der Waals surface area (Å²) >= 11 is 5.12. The van der Waals surface area contributed by atoms with E-state index in [0.717, 1.165) is 24.3 Å². The number of nitrogens with zero attached hydrogens (tertiary/aromatic N) is 3. The molecule has 1 unspecified atom stereocenters. The van der Waals surface area contributed by atoms with Crippen LogP contribution in [0.25, 0.3) is 0 Å². The van der Waals surface area contributed by atoms with E-state index in [0.29, 0.717) is 0 Å². The molecule has 1 aromatic heterocycles. The van der Waals surface area contributed by atoms with Crippen molar-refractivity contribution in [3.05, 3.63) is 22.3 Å². The fourth-order valence-electron chi connectivity index (χ4n) is 3.29. The van der Waals surface area contributed by atoms with Gasteiger partial charge in [0.2, 0.25) is 5.37 Å². The highest BCUT2D eigenvalue weighted by Crippen LogP contribution is 2.37. The van der Waals surface area contributed by atoms with Gasteiger partial charge in [-0.2, -0.15) is 0 Å². The van der Waals surface area contributed by atoms with Crippen molar-refractivity contribution in [3.8, 4) is 0 Å². The van der Waals surface area contributed by atoms with Crippen LogP contribution in [0.3, 0.4) is 0 Å². The van der Waals surface area contributed by atoms with E-state index >= 15 is 0 Å². The number of fused-ring (bicyclic) bond motifs is 1. The number of alkyl halides is 1. The number of nitrogens with one attached hydrogen (secondary N) is 2. The minimum Gasteiger partial charge on any atom is -0.614 e. The molecule has 1 fully saturated rings. The summed E-state index contributed by atoms with van der Waals surface area (Å²) in [6, 6.07) is -1.25. The third-order valence-electron chi connectivity index (χ3n) is 4.70. The summed E-state index contributed by atoms with van der Waals surface area (Å²) in [5, 5.41) is 17.5. The molecule has 13 nitrogen and oxygen atoms in total. The number of ether oxygens (including phenoxy) is 1. The highest BCUT2D eigenvalue weighted by atomic mass is 35.5. The lowest BCUT2D eigenvalue weighted by atomic mass is 10.0. The van der Waals surface area contributed by atoms with E-state index < -0.39 is 57.8 Å². The molecule has 3 heterocycles. The topological polar surface area (TPSA) is 183 Å². The molecule has 2 aliphatic heterocycles. The van der Waals surface area contributed by atoms with Crippen molar-refractivity contribution >= 4 is 76.9 Å². The lowest BCUT2D eigenvalue weighted by Crippen LogP contribution is -2.75. The molecule has 17 heteroatoms. The number of hydrogen-bond donors (Lipinski definition) is 3. The number of halogens is 1. The van der Waals surface area contributed by atoms with Crippen LogP contribution in [-0.4, -0.2) is 85.9 Å². The highest BCUT2D eigenvalue weighted by molar-refractivity contribution is 7.92. The van der Waals surface area contributed by atoms with Gasteiger partial charge in [-0.25, -0.2) is 14.6 Å². The van der Waals surface area contributed by atoms with Gasteiger partial charge in [-0.1, -0.05) is 5.16 Å². The third kappa shape index (κ3) is 5.55. The van der Waals surface area contributed by atoms with Crippen LogP contribution in [0.15, 0.2) is 21.8 Å². The molecule has 3 amide bonds. The van der Waals surface area contributed by atoms with E-state index in [4.69, 9.17) is 21.0 Å². The zero-order chi connectivity index (χ0) is 26.1. The number of β-lactam (4-membered cyclic amide) rings is 1. The number of oxime groups is 1. The molecule has 2 aliphatic rings. The fourth-order valence-corrected chi connectivity index (χ4v) is 5.99. The molecule has 188 valence electrons. The molecular formula is C18H21BClN5O8S2. The summed E-state index contributed by atoms with van der Waals surface area (Å²) in [6.07, 6.45) is -0.768. The normalized spacial score (nSPS) is 22.2. The van der Waals surface area contributed by atoms with Gasteiger partial charge >= 0.3 is 20.1 Å². The number of amides is 3. The molecule has 3 atom stereocenters. The summed E-state index contributed by atoms with van der Waals surface area (Å²) < 4.78 is 22.5. The predicted octanol–water partition coefficient (Wildman–Crippen LogP) is -0.332. The molecule has 3 rings (SSSR count). The maximum atomic E-state index is 12.8. The summed E-state index contributed by atoms with van der Waals surface area (Å²) in [5.74, 6) is -2.72. The van der Waals surface area contributed by atoms with Crippen LogP contribution in [0.2, 0.25) is 0 Å². The van der Waals surface area contributed by atoms with E-state index in [1.165, 1.54) is 5.38 Å². The second-order valence-electron chi connectivity index (χ2n) is 8.27. The Morgan fingerprint density at radius 3 is 2.71 bits per heavy atom. The Morgan fingerprint density at radius 2 is 2.14 bits per heavy atom. The zero-order valence-electron chi connectivity index (χ0n) is 19.0. The zero-order valence-corrected chi connectivity index (χ0v) is 21.4. The van der Waals surface area contributed by atoms with Gasteiger partial charge in [-0.05, 0) is 31.9 Å². The van der Waals surface area contributed by atoms with E-state index in [9.17, 15) is 28.9 Å². The number of aromatic nitrogens is 1. The lowest BCUT2D eigenvalue weighted by molar-refractivity contribution is -0.149. The summed E-state index contributed by atoms with van der Waals surface area (Å²) in [7, 11) is 1.13. The average Bonchev–Trinajstić information content (AvgIpc) is 3.22. The Balaban J connectivity index is 1.73. The maximum absolute atomic E-state index is 12.8. The van der Waals surface area contributed by atoms with Gasteiger partial charge in [0.15, 0.2) is 16.9 Å². The first kappa shape index (κ1) is 26.8. The van der Waals surface area contributed by atoms with Crippen LogP contribution in [0, 0.1) is 0 Å². The molecule has 0 aromatic carbocycles. The molecule has 1 aromatic rings. The van der Waals surface area contributed by atoms with Gasteiger partial charge in [0.25, 0.3) is 11.8 Å². The molecule has 35 heavy (non-hydrogen) atoms. The first-order chi connectivity index (χ1) is 16.4. The quantitative estimate of drug-likeness (QED) is 0.0819. The highest BCUT2D eigenvalue weighted by Gasteiger charge is 2.61. The number of carbonyl (C=O) groups excluding carboxylic acids is 4. The summed E-state index contributed by atoms with van der Waals surface area (Å²) in [5.41, 5.74) is -1.18. The third-order valence-corrected chi connectivity index (χ3v) is 7.44. The van der Waals surface area contributed by atoms with Crippen molar-refractivity contribution < 1.29 is 38.3 Å². The molecule has 0 bridgehead atoms. The Kier molecular flexibility index (Phi) is 7.98. The van der Waals surface area contributed by atoms with Crippen molar-refractivity contribution in [2.75, 3.05) is 16.9 Å². The SMILES string of the molecule is BOC(=O)C1=C(CCl)C[S+]([O-])[C@@H]2[C@H](NC(=O)/C(=N\O)c3csc(NC(=O)OC(C)(C)C)n3)C(=O)N12. The van der Waals surface area contributed by atoms with E-state index in [2.05, 4.69) is 20.8 Å². The van der Waals surface area contributed by atoms with Crippen LogP contribution in [-0.2, 0) is 35.0 Å². The minimum absolute atomic E-state index is 0.0731. The first-order valence-corrected chi connectivity index (χ1v) is 12.8. The Labute approximate surface area is 212 Å². The second-order valence-corrected chi connectivity index (χ2v) is 10.9. The van der Waals surface area contributed by atoms with Crippen LogP contribution in [0.5, 0.6) is 0 Å². The smallest absolute Gasteiger partial charge is 0.413 e. The number of carbonyl (C=O) groups is 4. The van der Waals surface area contributed by atoms with Crippen molar-refractivity contribution in [3.63, 3.8) is 0 Å². The molecule has 1 saturated heterocycles. The van der Waals surface area contributed by atoms with Crippen LogP contribution in [0.1, 0.15) is 26.5 Å². The Morgan fingerprint density at radius 1 is 1.46 bits per heavy atom. The van der Waals surface area contributed by atoms with Crippen molar-refractivity contribution in [1.82, 2.24) is 15.2 Å². The Bertz CT molecular complexity index is 1120. The maximum Gasteiger partial charge on any atom is 0.413 e. The first-order valence-electron chi connectivity index (χ1n) is 9.97. The molecule has 3 N–H and O–H groups in total. The van der Waals surface area contributed by atoms with Crippen LogP contribution < -0.4 is 10.6 Å². The van der Waals surface area contributed by atoms with Gasteiger partial charge in [0, 0.05) is 11.0 Å². The average molecular weight is 546 g/mol. The standard InChI is InChI=1S/C18H21BClN5O8S2/c1-18(2,3)32-17(29)23-16-21-8(5-34-16)9(24-30)12(26)22-10-13(27)25-11(15(28)33-19)7(4-20)6-35(31)14(10)25/h5,10,14,30H,4,6,19H2,1-3H3,(H,22,26)(H,21,23,29)/b24-9-/t10-,14-,35?/m1/s1. The molecule has 0 saturated carbocycles. The molecule has 0 aliphatic carbocycles. The number of hydrogen-bond acceptors (Lipinski definition) is 11. The van der Waals surface area contributed by atoms with Crippen molar-refractivity contribution in [2.45, 2.75) is 37.8 Å². The van der Waals surface area contributed by atoms with Crippen molar-refractivity contribution in [2.24, 2.45) is 5.16 Å². The van der Waals surface area contributed by atoms with Gasteiger partial charge in [-0.15, -0.1) is 22.9 Å². The summed E-state index contributed by atoms with van der Waals surface area (Å²) in [6.45, 7) is 5.05. The molecule has 0 spiro atoms. The number of anilines is 1. The number of rotatable bonds is 6. The minimum atomic E-state index is -1.67. The second kappa shape index (κ2) is 10.4. The van der Waals surface area contributed by atoms with E-state index in [1.807, 2.05) is 0 Å². The van der Waals surface area contributed by atoms with E-state index in [-0.39, 0.29) is 33.7 Å². The number of thiazole rings is 1. The molecular weight excluding hydrogens is 525 g/mol. The monoisotopic (exact) mass is 545 g/mol. The largest absolute Gasteiger partial charge is 0.614 e. The Hall–Kier alpha value is -2.82. The lowest BCUT2D eigenvalue weighted by Gasteiger charge is -2.49. The van der Waals surface area contributed by atoms with Crippen molar-refractivity contribution in [1.29, 1.82) is 0 Å². The summed E-state index contributed by atoms with van der Waals surface area (Å²) in [4.78, 5) is 54.6. The van der Waals surface area contributed by atoms with Crippen LogP contribution in [0.4, 0.5) is 9.93 Å². The molecule has 0 radical (unpaired) electrons. The van der Waals surface area contributed by atoms with Gasteiger partial charge < -0.3 is 24.5 Å². The van der Waals surface area contributed by atoms with Crippen LogP contribution >= 0.6 is 22.9 Å². The van der Waals surface area contributed by atoms with Gasteiger partial charge in [0.05, 0.1) is 5.88 Å². The van der Waals surface area contributed by atoms with Gasteiger partial charge in [0.1, 0.15) is 22.7 Å².